The highest BCUT2D eigenvalue weighted by molar-refractivity contribution is 6.30. The lowest BCUT2D eigenvalue weighted by molar-refractivity contribution is 0.392. The van der Waals surface area contributed by atoms with Crippen molar-refractivity contribution in [2.45, 2.75) is 13.0 Å². The van der Waals surface area contributed by atoms with Gasteiger partial charge >= 0.3 is 0 Å². The van der Waals surface area contributed by atoms with Crippen molar-refractivity contribution in [3.05, 3.63) is 58.7 Å². The minimum absolute atomic E-state index is 0.591. The number of rotatable bonds is 6. The van der Waals surface area contributed by atoms with E-state index in [0.717, 1.165) is 29.5 Å². The summed E-state index contributed by atoms with van der Waals surface area (Å²) >= 11 is 5.99. The van der Waals surface area contributed by atoms with Crippen LogP contribution in [0.4, 0.5) is 0 Å². The quantitative estimate of drug-likeness (QED) is 0.630. The summed E-state index contributed by atoms with van der Waals surface area (Å²) in [4.78, 5) is 8.39. The Morgan fingerprint density at radius 1 is 1.26 bits per heavy atom. The molecule has 0 amide bonds. The molecule has 23 heavy (non-hydrogen) atoms. The highest BCUT2D eigenvalue weighted by atomic mass is 35.5. The number of hydrogen-bond acceptors (Lipinski definition) is 3. The highest BCUT2D eigenvalue weighted by Gasteiger charge is 2.04. The summed E-state index contributed by atoms with van der Waals surface area (Å²) < 4.78 is 5.24. The maximum atomic E-state index is 5.99. The number of ether oxygens (including phenoxy) is 1. The topological polar surface area (TPSA) is 58.5 Å². The van der Waals surface area contributed by atoms with Crippen LogP contribution >= 0.6 is 11.6 Å². The highest BCUT2D eigenvalue weighted by Crippen LogP contribution is 2.13. The first-order valence-corrected chi connectivity index (χ1v) is 7.77. The first-order chi connectivity index (χ1) is 11.2. The van der Waals surface area contributed by atoms with Gasteiger partial charge in [-0.05, 0) is 30.2 Å². The normalized spacial score (nSPS) is 11.2. The lowest BCUT2D eigenvalue weighted by Gasteiger charge is -2.13. The van der Waals surface area contributed by atoms with Crippen molar-refractivity contribution < 1.29 is 4.74 Å². The number of halogens is 1. The third kappa shape index (κ3) is 5.45. The maximum absolute atomic E-state index is 5.99. The third-order valence-electron chi connectivity index (χ3n) is 3.31. The van der Waals surface area contributed by atoms with Gasteiger partial charge in [-0.25, -0.2) is 4.98 Å². The van der Waals surface area contributed by atoms with E-state index in [4.69, 9.17) is 16.3 Å². The second kappa shape index (κ2) is 9.00. The van der Waals surface area contributed by atoms with E-state index in [2.05, 4.69) is 26.7 Å². The molecular formula is C17H21ClN4O. The molecule has 1 aromatic heterocycles. The molecule has 0 aliphatic heterocycles. The average Bonchev–Trinajstić information content (AvgIpc) is 2.58. The molecule has 122 valence electrons. The molecule has 0 fully saturated rings. The zero-order chi connectivity index (χ0) is 16.5. The molecule has 2 aromatic rings. The maximum Gasteiger partial charge on any atom is 0.218 e. The Kier molecular flexibility index (Phi) is 6.69. The van der Waals surface area contributed by atoms with Crippen molar-refractivity contribution in [2.24, 2.45) is 4.99 Å². The van der Waals surface area contributed by atoms with Gasteiger partial charge in [-0.3, -0.25) is 4.99 Å². The van der Waals surface area contributed by atoms with Crippen molar-refractivity contribution in [1.29, 1.82) is 0 Å². The number of nitrogens with zero attached hydrogens (tertiary/aromatic N) is 2. The lowest BCUT2D eigenvalue weighted by Crippen LogP contribution is -2.37. The summed E-state index contributed by atoms with van der Waals surface area (Å²) in [6.45, 7) is 1.36. The number of pyridine rings is 1. The number of aliphatic imine (C=N–C) groups is 1. The lowest BCUT2D eigenvalue weighted by atomic mass is 10.1. The standard InChI is InChI=1S/C17H21ClN4O/c1-19-17(21-10-8-13-5-3-7-15(18)11-13)22-12-14-6-4-9-20-16(14)23-2/h3-7,9,11H,8,10,12H2,1-2H3,(H2,19,21,22). The van der Waals surface area contributed by atoms with Gasteiger partial charge in [-0.15, -0.1) is 0 Å². The Hall–Kier alpha value is -2.27. The van der Waals surface area contributed by atoms with Gasteiger partial charge in [0, 0.05) is 36.9 Å². The third-order valence-corrected chi connectivity index (χ3v) is 3.54. The molecular weight excluding hydrogens is 312 g/mol. The summed E-state index contributed by atoms with van der Waals surface area (Å²) in [6, 6.07) is 11.7. The number of hydrogen-bond donors (Lipinski definition) is 2. The molecule has 0 aliphatic rings. The summed E-state index contributed by atoms with van der Waals surface area (Å²) in [6.07, 6.45) is 2.58. The summed E-state index contributed by atoms with van der Waals surface area (Å²) in [5.41, 5.74) is 2.17. The van der Waals surface area contributed by atoms with Gasteiger partial charge in [0.05, 0.1) is 7.11 Å². The van der Waals surface area contributed by atoms with Crippen LogP contribution in [0.3, 0.4) is 0 Å². The molecule has 2 rings (SSSR count). The summed E-state index contributed by atoms with van der Waals surface area (Å²) in [7, 11) is 3.36. The van der Waals surface area contributed by atoms with Gasteiger partial charge in [0.15, 0.2) is 5.96 Å². The number of nitrogens with one attached hydrogen (secondary N) is 2. The molecule has 0 unspecified atom stereocenters. The van der Waals surface area contributed by atoms with Gasteiger partial charge in [0.2, 0.25) is 5.88 Å². The summed E-state index contributed by atoms with van der Waals surface area (Å²) in [5.74, 6) is 1.35. The molecule has 2 N–H and O–H groups in total. The predicted octanol–water partition coefficient (Wildman–Crippen LogP) is 2.65. The largest absolute Gasteiger partial charge is 0.481 e. The number of benzene rings is 1. The molecule has 0 saturated carbocycles. The van der Waals surface area contributed by atoms with Crippen LogP contribution in [0, 0.1) is 0 Å². The van der Waals surface area contributed by atoms with E-state index < -0.39 is 0 Å². The molecule has 6 heteroatoms. The molecule has 0 bridgehead atoms. The second-order valence-corrected chi connectivity index (χ2v) is 5.34. The fourth-order valence-electron chi connectivity index (χ4n) is 2.16. The van der Waals surface area contributed by atoms with Gasteiger partial charge in [0.1, 0.15) is 0 Å². The first-order valence-electron chi connectivity index (χ1n) is 7.39. The van der Waals surface area contributed by atoms with Crippen molar-refractivity contribution in [1.82, 2.24) is 15.6 Å². The Morgan fingerprint density at radius 2 is 2.13 bits per heavy atom. The molecule has 5 nitrogen and oxygen atoms in total. The van der Waals surface area contributed by atoms with Crippen LogP contribution in [0.25, 0.3) is 0 Å². The second-order valence-electron chi connectivity index (χ2n) is 4.90. The Bertz CT molecular complexity index is 661. The minimum atomic E-state index is 0.591. The van der Waals surface area contributed by atoms with Crippen LogP contribution in [0.15, 0.2) is 47.6 Å². The fourth-order valence-corrected chi connectivity index (χ4v) is 2.37. The zero-order valence-corrected chi connectivity index (χ0v) is 14.1. The minimum Gasteiger partial charge on any atom is -0.481 e. The van der Waals surface area contributed by atoms with Crippen LogP contribution in [0.5, 0.6) is 5.88 Å². The van der Waals surface area contributed by atoms with Gasteiger partial charge < -0.3 is 15.4 Å². The first kappa shape index (κ1) is 17.1. The number of methoxy groups -OCH3 is 1. The van der Waals surface area contributed by atoms with Crippen LogP contribution in [-0.4, -0.2) is 31.6 Å². The molecule has 1 heterocycles. The van der Waals surface area contributed by atoms with Crippen LogP contribution in [0.1, 0.15) is 11.1 Å². The van der Waals surface area contributed by atoms with Gasteiger partial charge in [0.25, 0.3) is 0 Å². The van der Waals surface area contributed by atoms with Gasteiger partial charge in [-0.1, -0.05) is 29.8 Å². The van der Waals surface area contributed by atoms with E-state index in [0.29, 0.717) is 12.4 Å². The van der Waals surface area contributed by atoms with Gasteiger partial charge in [-0.2, -0.15) is 0 Å². The van der Waals surface area contributed by atoms with Crippen LogP contribution < -0.4 is 15.4 Å². The van der Waals surface area contributed by atoms with Crippen LogP contribution in [-0.2, 0) is 13.0 Å². The van der Waals surface area contributed by atoms with Crippen molar-refractivity contribution in [3.8, 4) is 5.88 Å². The van der Waals surface area contributed by atoms with Crippen molar-refractivity contribution in [3.63, 3.8) is 0 Å². The molecule has 0 saturated heterocycles. The molecule has 0 atom stereocenters. The monoisotopic (exact) mass is 332 g/mol. The van der Waals surface area contributed by atoms with E-state index >= 15 is 0 Å². The Labute approximate surface area is 141 Å². The molecule has 0 aliphatic carbocycles. The van der Waals surface area contributed by atoms with Crippen LogP contribution in [0.2, 0.25) is 5.02 Å². The van der Waals surface area contributed by atoms with E-state index in [1.807, 2.05) is 30.3 Å². The predicted molar refractivity (Wildman–Crippen MR) is 94.1 cm³/mol. The Morgan fingerprint density at radius 3 is 2.87 bits per heavy atom. The SMILES string of the molecule is CN=C(NCCc1cccc(Cl)c1)NCc1cccnc1OC. The molecule has 1 aromatic carbocycles. The number of aromatic nitrogens is 1. The van der Waals surface area contributed by atoms with E-state index in [1.165, 1.54) is 5.56 Å². The van der Waals surface area contributed by atoms with E-state index in [1.54, 1.807) is 20.4 Å². The molecule has 0 radical (unpaired) electrons. The average molecular weight is 333 g/mol. The van der Waals surface area contributed by atoms with E-state index in [-0.39, 0.29) is 0 Å². The number of guanidine groups is 1. The fraction of sp³-hybridized carbons (Fsp3) is 0.294. The smallest absolute Gasteiger partial charge is 0.218 e. The van der Waals surface area contributed by atoms with E-state index in [9.17, 15) is 0 Å². The van der Waals surface area contributed by atoms with Crippen molar-refractivity contribution in [2.75, 3.05) is 20.7 Å². The zero-order valence-electron chi connectivity index (χ0n) is 13.3. The molecule has 0 spiro atoms. The van der Waals surface area contributed by atoms with Crippen molar-refractivity contribution >= 4 is 17.6 Å². The Balaban J connectivity index is 1.82. The summed E-state index contributed by atoms with van der Waals surface area (Å²) in [5, 5.41) is 7.29.